The Labute approximate surface area is 50.8 Å². The molecule has 0 bridgehead atoms. The van der Waals surface area contributed by atoms with Crippen molar-refractivity contribution >= 4 is 0 Å². The molecule has 1 radical (unpaired) electrons. The van der Waals surface area contributed by atoms with Crippen molar-refractivity contribution in [1.29, 1.82) is 0 Å². The largest absolute Gasteiger partial charge is 0.0626 e. The Morgan fingerprint density at radius 2 is 1.86 bits per heavy atom. The zero-order chi connectivity index (χ0) is 9.46. The molecular weight excluding hydrogens is 84.1 g/mol. The smallest absolute Gasteiger partial charge is 0.0622 e. The number of hydrogen-bond acceptors (Lipinski definition) is 0. The van der Waals surface area contributed by atoms with Crippen LogP contribution in [0.4, 0.5) is 0 Å². The van der Waals surface area contributed by atoms with E-state index >= 15 is 0 Å². The summed E-state index contributed by atoms with van der Waals surface area (Å²) < 4.78 is 36.1. The molecule has 0 amide bonds. The molecule has 0 saturated carbocycles. The maximum atomic E-state index is 7.25. The molecule has 0 aliphatic heterocycles. The van der Waals surface area contributed by atoms with E-state index in [9.17, 15) is 0 Å². The zero-order valence-corrected chi connectivity index (χ0v) is 3.71. The van der Waals surface area contributed by atoms with Gasteiger partial charge in [-0.05, 0) is 12.5 Å². The Morgan fingerprint density at radius 1 is 1.29 bits per heavy atom. The summed E-state index contributed by atoms with van der Waals surface area (Å²) in [6.07, 6.45) is 0. The molecule has 0 atom stereocenters. The Morgan fingerprint density at radius 3 is 2.43 bits per heavy atom. The predicted octanol–water partition coefficient (Wildman–Crippen LogP) is 1.87. The minimum atomic E-state index is -0.377. The maximum Gasteiger partial charge on any atom is 0.0626 e. The van der Waals surface area contributed by atoms with E-state index in [0.717, 1.165) is 0 Å². The lowest BCUT2D eigenvalue weighted by atomic mass is 10.2. The average Bonchev–Trinajstić information content (AvgIpc) is 2.08. The van der Waals surface area contributed by atoms with E-state index in [4.69, 9.17) is 6.85 Å². The van der Waals surface area contributed by atoms with Gasteiger partial charge in [0.2, 0.25) is 0 Å². The molecule has 0 heteroatoms. The lowest BCUT2D eigenvalue weighted by Gasteiger charge is -1.82. The van der Waals surface area contributed by atoms with Gasteiger partial charge in [-0.15, -0.1) is 0 Å². The third-order valence-electron chi connectivity index (χ3n) is 0.552. The molecule has 0 heterocycles. The van der Waals surface area contributed by atoms with Gasteiger partial charge in [0.15, 0.2) is 0 Å². The summed E-state index contributed by atoms with van der Waals surface area (Å²) in [5.74, 6) is 0. The average molecular weight is 96.2 g/mol. The second-order valence-electron chi connectivity index (χ2n) is 1.10. The van der Waals surface area contributed by atoms with Crippen molar-refractivity contribution in [3.8, 4) is 0 Å². The van der Waals surface area contributed by atoms with Crippen LogP contribution in [0.5, 0.6) is 0 Å². The summed E-state index contributed by atoms with van der Waals surface area (Å²) in [5, 5.41) is 0. The normalized spacial score (nSPS) is 18.7. The third kappa shape index (κ3) is 1.04. The van der Waals surface area contributed by atoms with E-state index in [1.165, 1.54) is 0 Å². The van der Waals surface area contributed by atoms with Crippen molar-refractivity contribution in [2.75, 3.05) is 0 Å². The number of benzene rings is 1. The highest BCUT2D eigenvalue weighted by molar-refractivity contribution is 5.16. The summed E-state index contributed by atoms with van der Waals surface area (Å²) in [6.45, 7) is 3.38. The minimum absolute atomic E-state index is 0.0426. The van der Waals surface area contributed by atoms with Crippen LogP contribution in [0, 0.1) is 6.92 Å². The summed E-state index contributed by atoms with van der Waals surface area (Å²) in [6, 6.07) is -1.51. The second-order valence-corrected chi connectivity index (χ2v) is 1.10. The van der Waals surface area contributed by atoms with Crippen LogP contribution in [0.2, 0.25) is 0 Å². The van der Waals surface area contributed by atoms with Crippen LogP contribution in [0.3, 0.4) is 0 Å². The van der Waals surface area contributed by atoms with Gasteiger partial charge in [0.1, 0.15) is 0 Å². The van der Waals surface area contributed by atoms with Gasteiger partial charge in [-0.3, -0.25) is 0 Å². The van der Waals surface area contributed by atoms with Crippen LogP contribution in [-0.4, -0.2) is 0 Å². The molecule has 1 rings (SSSR count). The quantitative estimate of drug-likeness (QED) is 0.462. The van der Waals surface area contributed by atoms with Crippen LogP contribution in [0.15, 0.2) is 30.2 Å². The van der Waals surface area contributed by atoms with Crippen molar-refractivity contribution in [1.82, 2.24) is 0 Å². The first-order chi connectivity index (χ1) is 5.46. The standard InChI is InChI=1S/C7H7/c1-7-5-3-2-4-6-7/h2-6H,1H2/i2D,3D,4D,5D,6D. The van der Waals surface area contributed by atoms with Gasteiger partial charge in [0, 0.05) is 0 Å². The van der Waals surface area contributed by atoms with Gasteiger partial charge in [-0.25, -0.2) is 0 Å². The van der Waals surface area contributed by atoms with Crippen LogP contribution >= 0.6 is 0 Å². The second kappa shape index (κ2) is 1.78. The van der Waals surface area contributed by atoms with E-state index < -0.39 is 0 Å². The molecule has 0 spiro atoms. The van der Waals surface area contributed by atoms with E-state index in [1.54, 1.807) is 0 Å². The molecule has 0 nitrogen and oxygen atoms in total. The topological polar surface area (TPSA) is 0 Å². The lowest BCUT2D eigenvalue weighted by Crippen LogP contribution is -1.62. The third-order valence-corrected chi connectivity index (χ3v) is 0.552. The van der Waals surface area contributed by atoms with Gasteiger partial charge in [-0.2, -0.15) is 0 Å². The molecule has 0 fully saturated rings. The Kier molecular flexibility index (Phi) is 0.343. The molecule has 1 aromatic carbocycles. The first-order valence-corrected chi connectivity index (χ1v) is 1.85. The monoisotopic (exact) mass is 96.1 g/mol. The number of rotatable bonds is 0. The van der Waals surface area contributed by atoms with Crippen molar-refractivity contribution < 1.29 is 6.85 Å². The fraction of sp³-hybridized carbons (Fsp3) is 0. The van der Waals surface area contributed by atoms with Crippen LogP contribution in [0.25, 0.3) is 0 Å². The molecule has 35 valence electrons. The Hall–Kier alpha value is -0.780. The minimum Gasteiger partial charge on any atom is -0.0622 e. The maximum absolute atomic E-state index is 7.25. The lowest BCUT2D eigenvalue weighted by molar-refractivity contribution is 1.62. The van der Waals surface area contributed by atoms with E-state index in [0.29, 0.717) is 0 Å². The van der Waals surface area contributed by atoms with E-state index in [2.05, 4.69) is 6.92 Å². The SMILES string of the molecule is [2H]c1c([2H])c([2H])c([CH2])c([2H])c1[2H]. The molecule has 0 saturated heterocycles. The molecule has 0 N–H and O–H groups in total. The number of hydrogen-bond donors (Lipinski definition) is 0. The van der Waals surface area contributed by atoms with Gasteiger partial charge in [0.05, 0.1) is 6.85 Å². The summed E-state index contributed by atoms with van der Waals surface area (Å²) >= 11 is 0. The Balaban J connectivity index is 3.60. The van der Waals surface area contributed by atoms with Gasteiger partial charge >= 0.3 is 0 Å². The first-order valence-electron chi connectivity index (χ1n) is 4.35. The zero-order valence-electron chi connectivity index (χ0n) is 8.71. The summed E-state index contributed by atoms with van der Waals surface area (Å²) in [7, 11) is 0. The van der Waals surface area contributed by atoms with Gasteiger partial charge in [0.25, 0.3) is 0 Å². The summed E-state index contributed by atoms with van der Waals surface area (Å²) in [5.41, 5.74) is 0.0426. The predicted molar refractivity (Wildman–Crippen MR) is 30.9 cm³/mol. The molecule has 0 aromatic heterocycles. The van der Waals surface area contributed by atoms with E-state index in [1.807, 2.05) is 0 Å². The molecule has 0 aliphatic rings. The fourth-order valence-electron chi connectivity index (χ4n) is 0.276. The highest BCUT2D eigenvalue weighted by Gasteiger charge is 1.72. The van der Waals surface area contributed by atoms with Gasteiger partial charge in [-0.1, -0.05) is 30.2 Å². The molecule has 7 heavy (non-hydrogen) atoms. The molecule has 0 aliphatic carbocycles. The van der Waals surface area contributed by atoms with Crippen molar-refractivity contribution in [2.24, 2.45) is 0 Å². The fourth-order valence-corrected chi connectivity index (χ4v) is 0.276. The highest BCUT2D eigenvalue weighted by Crippen LogP contribution is 1.92. The van der Waals surface area contributed by atoms with Gasteiger partial charge < -0.3 is 0 Å². The van der Waals surface area contributed by atoms with Crippen LogP contribution < -0.4 is 0 Å². The van der Waals surface area contributed by atoms with Crippen LogP contribution in [0.1, 0.15) is 12.4 Å². The summed E-state index contributed by atoms with van der Waals surface area (Å²) in [4.78, 5) is 0. The molecule has 1 aromatic rings. The molecular formula is C7H7. The van der Waals surface area contributed by atoms with E-state index in [-0.39, 0.29) is 35.8 Å². The highest BCUT2D eigenvalue weighted by atomic mass is 13.8. The first kappa shape index (κ1) is 1.35. The Bertz CT molecular complexity index is 226. The molecule has 0 unspecified atom stereocenters. The van der Waals surface area contributed by atoms with Crippen molar-refractivity contribution in [2.45, 2.75) is 0 Å². The van der Waals surface area contributed by atoms with Crippen LogP contribution in [-0.2, 0) is 0 Å². The van der Waals surface area contributed by atoms with Crippen molar-refractivity contribution in [3.63, 3.8) is 0 Å². The van der Waals surface area contributed by atoms with Crippen molar-refractivity contribution in [3.05, 3.63) is 42.7 Å².